The Balaban J connectivity index is 2.47. The first-order valence-electron chi connectivity index (χ1n) is 6.72. The van der Waals surface area contributed by atoms with Crippen LogP contribution in [0.15, 0.2) is 6.07 Å². The zero-order chi connectivity index (χ0) is 16.7. The number of hydrogen-bond donors (Lipinski definition) is 2. The number of aryl methyl sites for hydroxylation is 2. The first-order valence-corrected chi connectivity index (χ1v) is 7.54. The van der Waals surface area contributed by atoms with Crippen LogP contribution in [0, 0.1) is 13.8 Å². The summed E-state index contributed by atoms with van der Waals surface area (Å²) in [7, 11) is 0. The largest absolute Gasteiger partial charge is 0.478 e. The Morgan fingerprint density at radius 3 is 2.50 bits per heavy atom. The summed E-state index contributed by atoms with van der Waals surface area (Å²) < 4.78 is 5.16. The van der Waals surface area contributed by atoms with Crippen LogP contribution in [0.5, 0.6) is 0 Å². The van der Waals surface area contributed by atoms with Gasteiger partial charge in [0, 0.05) is 11.1 Å². The summed E-state index contributed by atoms with van der Waals surface area (Å²) in [6.07, 6.45) is -0.685. The summed E-state index contributed by atoms with van der Waals surface area (Å²) in [5, 5.41) is 12.7. The molecule has 0 aromatic carbocycles. The summed E-state index contributed by atoms with van der Waals surface area (Å²) >= 11 is 1.13. The molecule has 22 heavy (non-hydrogen) atoms. The molecule has 2 rings (SSSR count). The number of amides is 1. The molecule has 0 aliphatic heterocycles. The van der Waals surface area contributed by atoms with E-state index >= 15 is 0 Å². The standard InChI is InChI=1S/C15H18N2O4S/c1-7-6-9-10(13(18)19)12(22-11(9)16-8(7)2)17-14(20)21-15(3,4)5/h6H,1-5H3,(H,17,20)(H,18,19). The highest BCUT2D eigenvalue weighted by molar-refractivity contribution is 7.23. The lowest BCUT2D eigenvalue weighted by Crippen LogP contribution is -2.27. The number of carbonyl (C=O) groups is 2. The van der Waals surface area contributed by atoms with Crippen LogP contribution in [0.2, 0.25) is 0 Å². The third kappa shape index (κ3) is 3.36. The van der Waals surface area contributed by atoms with Crippen LogP contribution in [0.25, 0.3) is 10.2 Å². The molecule has 0 fully saturated rings. The number of ether oxygens (including phenoxy) is 1. The lowest BCUT2D eigenvalue weighted by atomic mass is 10.1. The molecule has 0 aliphatic rings. The van der Waals surface area contributed by atoms with E-state index in [1.165, 1.54) is 0 Å². The van der Waals surface area contributed by atoms with Crippen LogP contribution in [0.3, 0.4) is 0 Å². The van der Waals surface area contributed by atoms with E-state index in [1.54, 1.807) is 26.8 Å². The van der Waals surface area contributed by atoms with Gasteiger partial charge < -0.3 is 9.84 Å². The number of aromatic carboxylic acids is 1. The fourth-order valence-electron chi connectivity index (χ4n) is 1.91. The first kappa shape index (κ1) is 16.2. The Morgan fingerprint density at radius 2 is 1.95 bits per heavy atom. The van der Waals surface area contributed by atoms with E-state index in [9.17, 15) is 14.7 Å². The number of anilines is 1. The second kappa shape index (κ2) is 5.57. The van der Waals surface area contributed by atoms with Crippen molar-refractivity contribution in [3.05, 3.63) is 22.9 Å². The predicted molar refractivity (Wildman–Crippen MR) is 85.9 cm³/mol. The molecule has 0 atom stereocenters. The lowest BCUT2D eigenvalue weighted by Gasteiger charge is -2.19. The van der Waals surface area contributed by atoms with Crippen molar-refractivity contribution in [2.24, 2.45) is 0 Å². The number of nitrogens with zero attached hydrogens (tertiary/aromatic N) is 1. The molecule has 0 radical (unpaired) electrons. The van der Waals surface area contributed by atoms with Gasteiger partial charge in [0.05, 0.1) is 0 Å². The topological polar surface area (TPSA) is 88.5 Å². The third-order valence-electron chi connectivity index (χ3n) is 2.95. The van der Waals surface area contributed by atoms with E-state index in [0.717, 1.165) is 22.6 Å². The maximum atomic E-state index is 11.9. The minimum Gasteiger partial charge on any atom is -0.478 e. The minimum atomic E-state index is -1.11. The summed E-state index contributed by atoms with van der Waals surface area (Å²) in [6.45, 7) is 8.94. The maximum Gasteiger partial charge on any atom is 0.412 e. The van der Waals surface area contributed by atoms with Gasteiger partial charge in [0.2, 0.25) is 0 Å². The van der Waals surface area contributed by atoms with Crippen LogP contribution in [0.4, 0.5) is 9.80 Å². The van der Waals surface area contributed by atoms with Crippen molar-refractivity contribution in [3.63, 3.8) is 0 Å². The monoisotopic (exact) mass is 322 g/mol. The van der Waals surface area contributed by atoms with Gasteiger partial charge in [-0.2, -0.15) is 0 Å². The molecule has 6 nitrogen and oxygen atoms in total. The van der Waals surface area contributed by atoms with Gasteiger partial charge in [-0.25, -0.2) is 14.6 Å². The molecular weight excluding hydrogens is 304 g/mol. The van der Waals surface area contributed by atoms with Crippen molar-refractivity contribution in [2.75, 3.05) is 5.32 Å². The van der Waals surface area contributed by atoms with E-state index < -0.39 is 17.7 Å². The molecule has 7 heteroatoms. The van der Waals surface area contributed by atoms with E-state index in [-0.39, 0.29) is 10.6 Å². The SMILES string of the molecule is Cc1cc2c(C(=O)O)c(NC(=O)OC(C)(C)C)sc2nc1C. The lowest BCUT2D eigenvalue weighted by molar-refractivity contribution is 0.0636. The van der Waals surface area contributed by atoms with Crippen molar-refractivity contribution < 1.29 is 19.4 Å². The average molecular weight is 322 g/mol. The number of thiophene rings is 1. The molecule has 0 aliphatic carbocycles. The Morgan fingerprint density at radius 1 is 1.32 bits per heavy atom. The molecule has 2 aromatic rings. The maximum absolute atomic E-state index is 11.9. The van der Waals surface area contributed by atoms with E-state index in [1.807, 2.05) is 13.8 Å². The molecule has 0 unspecified atom stereocenters. The Bertz CT molecular complexity index is 759. The van der Waals surface area contributed by atoms with Gasteiger partial charge in [-0.3, -0.25) is 5.32 Å². The number of carbonyl (C=O) groups excluding carboxylic acids is 1. The zero-order valence-corrected chi connectivity index (χ0v) is 13.9. The highest BCUT2D eigenvalue weighted by Gasteiger charge is 2.23. The van der Waals surface area contributed by atoms with E-state index in [2.05, 4.69) is 10.3 Å². The first-order chi connectivity index (χ1) is 10.1. The molecule has 0 spiro atoms. The molecular formula is C15H18N2O4S. The summed E-state index contributed by atoms with van der Waals surface area (Å²) in [6, 6.07) is 1.78. The van der Waals surface area contributed by atoms with Gasteiger partial charge in [0.1, 0.15) is 21.0 Å². The Labute approximate surface area is 132 Å². The number of hydrogen-bond acceptors (Lipinski definition) is 5. The van der Waals surface area contributed by atoms with Crippen LogP contribution in [0.1, 0.15) is 42.4 Å². The number of pyridine rings is 1. The number of aromatic nitrogens is 1. The molecule has 2 N–H and O–H groups in total. The number of carboxylic acids is 1. The third-order valence-corrected chi connectivity index (χ3v) is 3.97. The van der Waals surface area contributed by atoms with Crippen molar-refractivity contribution in [1.82, 2.24) is 4.98 Å². The van der Waals surface area contributed by atoms with Gasteiger partial charge in [-0.1, -0.05) is 11.3 Å². The van der Waals surface area contributed by atoms with E-state index in [4.69, 9.17) is 4.74 Å². The van der Waals surface area contributed by atoms with Crippen LogP contribution in [-0.2, 0) is 4.74 Å². The van der Waals surface area contributed by atoms with Crippen molar-refractivity contribution >= 4 is 38.6 Å². The highest BCUT2D eigenvalue weighted by Crippen LogP contribution is 2.35. The van der Waals surface area contributed by atoms with Crippen LogP contribution >= 0.6 is 11.3 Å². The fourth-order valence-corrected chi connectivity index (χ4v) is 2.99. The zero-order valence-electron chi connectivity index (χ0n) is 13.1. The van der Waals surface area contributed by atoms with Gasteiger partial charge in [0.15, 0.2) is 0 Å². The molecule has 0 saturated heterocycles. The van der Waals surface area contributed by atoms with E-state index in [0.29, 0.717) is 10.2 Å². The molecule has 1 amide bonds. The normalized spacial score (nSPS) is 11.5. The summed E-state index contributed by atoms with van der Waals surface area (Å²) in [5.74, 6) is -1.11. The highest BCUT2D eigenvalue weighted by atomic mass is 32.1. The summed E-state index contributed by atoms with van der Waals surface area (Å²) in [4.78, 5) is 28.4. The smallest absolute Gasteiger partial charge is 0.412 e. The Hall–Kier alpha value is -2.15. The van der Waals surface area contributed by atoms with Crippen LogP contribution in [-0.4, -0.2) is 27.8 Å². The quantitative estimate of drug-likeness (QED) is 0.873. The summed E-state index contributed by atoms with van der Waals surface area (Å²) in [5.41, 5.74) is 1.11. The minimum absolute atomic E-state index is 0.0430. The molecule has 0 saturated carbocycles. The number of fused-ring (bicyclic) bond motifs is 1. The Kier molecular flexibility index (Phi) is 4.10. The average Bonchev–Trinajstić information content (AvgIpc) is 2.64. The number of rotatable bonds is 2. The van der Waals surface area contributed by atoms with Gasteiger partial charge in [0.25, 0.3) is 0 Å². The van der Waals surface area contributed by atoms with Gasteiger partial charge in [-0.15, -0.1) is 0 Å². The van der Waals surface area contributed by atoms with Crippen molar-refractivity contribution in [2.45, 2.75) is 40.2 Å². The van der Waals surface area contributed by atoms with Crippen molar-refractivity contribution in [1.29, 1.82) is 0 Å². The molecule has 2 heterocycles. The predicted octanol–water partition coefficient (Wildman–Crippen LogP) is 3.96. The van der Waals surface area contributed by atoms with Crippen molar-refractivity contribution in [3.8, 4) is 0 Å². The molecule has 2 aromatic heterocycles. The second-order valence-corrected chi connectivity index (χ2v) is 6.98. The second-order valence-electron chi connectivity index (χ2n) is 5.98. The molecule has 0 bridgehead atoms. The number of carboxylic acid groups (broad SMARTS) is 1. The van der Waals surface area contributed by atoms with Gasteiger partial charge in [-0.05, 0) is 46.2 Å². The molecule has 118 valence electrons. The fraction of sp³-hybridized carbons (Fsp3) is 0.400. The number of nitrogens with one attached hydrogen (secondary N) is 1. The van der Waals surface area contributed by atoms with Gasteiger partial charge >= 0.3 is 12.1 Å². The van der Waals surface area contributed by atoms with Crippen LogP contribution < -0.4 is 5.32 Å².